The number of hydrogen-bond acceptors (Lipinski definition) is 5. The fourth-order valence-corrected chi connectivity index (χ4v) is 2.70. The molecular weight excluding hydrogens is 240 g/mol. The molecule has 1 aliphatic rings. The topological polar surface area (TPSA) is 81.6 Å². The standard InChI is InChI=1S/C13H20N6/c1-8-3-5-9(6-4-8)16-13-17-11(14)10-7-15-19(2)12(10)18-13/h7-9H,3-6H2,1-2H3,(H3,14,16,17,18). The van der Waals surface area contributed by atoms with E-state index in [0.29, 0.717) is 17.8 Å². The molecule has 0 unspecified atom stereocenters. The van der Waals surface area contributed by atoms with Gasteiger partial charge in [-0.1, -0.05) is 6.92 Å². The minimum atomic E-state index is 0.460. The molecule has 6 nitrogen and oxygen atoms in total. The van der Waals surface area contributed by atoms with E-state index in [0.717, 1.165) is 17.0 Å². The Morgan fingerprint density at radius 3 is 2.74 bits per heavy atom. The number of hydrogen-bond donors (Lipinski definition) is 2. The molecule has 2 aromatic heterocycles. The van der Waals surface area contributed by atoms with E-state index in [-0.39, 0.29) is 0 Å². The second kappa shape index (κ2) is 4.68. The Morgan fingerprint density at radius 1 is 1.26 bits per heavy atom. The molecule has 0 bridgehead atoms. The number of anilines is 2. The van der Waals surface area contributed by atoms with E-state index in [4.69, 9.17) is 5.73 Å². The summed E-state index contributed by atoms with van der Waals surface area (Å²) in [7, 11) is 1.86. The van der Waals surface area contributed by atoms with Crippen LogP contribution >= 0.6 is 0 Å². The summed E-state index contributed by atoms with van der Waals surface area (Å²) in [5.74, 6) is 1.95. The van der Waals surface area contributed by atoms with Crippen molar-refractivity contribution in [1.82, 2.24) is 19.7 Å². The predicted molar refractivity (Wildman–Crippen MR) is 75.8 cm³/mol. The van der Waals surface area contributed by atoms with Gasteiger partial charge in [0.05, 0.1) is 11.6 Å². The minimum Gasteiger partial charge on any atom is -0.383 e. The fourth-order valence-electron chi connectivity index (χ4n) is 2.70. The van der Waals surface area contributed by atoms with Gasteiger partial charge in [-0.05, 0) is 31.6 Å². The van der Waals surface area contributed by atoms with Crippen molar-refractivity contribution in [1.29, 1.82) is 0 Å². The number of nitrogens with two attached hydrogens (primary N) is 1. The number of fused-ring (bicyclic) bond motifs is 1. The lowest BCUT2D eigenvalue weighted by atomic mass is 9.87. The van der Waals surface area contributed by atoms with E-state index in [1.807, 2.05) is 7.05 Å². The van der Waals surface area contributed by atoms with E-state index < -0.39 is 0 Å². The SMILES string of the molecule is CC1CCC(Nc2nc(N)c3cnn(C)c3n2)CC1. The Kier molecular flexibility index (Phi) is 3.00. The molecule has 0 saturated heterocycles. The number of aryl methyl sites for hydroxylation is 1. The molecule has 3 N–H and O–H groups in total. The molecule has 2 aromatic rings. The highest BCUT2D eigenvalue weighted by atomic mass is 15.3. The van der Waals surface area contributed by atoms with Gasteiger partial charge in [0.2, 0.25) is 5.95 Å². The Bertz CT molecular complexity index is 582. The highest BCUT2D eigenvalue weighted by Gasteiger charge is 2.19. The van der Waals surface area contributed by atoms with Gasteiger partial charge in [0, 0.05) is 13.1 Å². The number of nitrogens with one attached hydrogen (secondary N) is 1. The van der Waals surface area contributed by atoms with Crippen LogP contribution in [0.1, 0.15) is 32.6 Å². The lowest BCUT2D eigenvalue weighted by Gasteiger charge is -2.26. The van der Waals surface area contributed by atoms with Gasteiger partial charge in [0.15, 0.2) is 5.65 Å². The van der Waals surface area contributed by atoms with Crippen LogP contribution in [-0.4, -0.2) is 25.8 Å². The Hall–Kier alpha value is -1.85. The molecule has 0 atom stereocenters. The maximum absolute atomic E-state index is 5.95. The number of nitrogens with zero attached hydrogens (tertiary/aromatic N) is 4. The molecule has 0 aromatic carbocycles. The summed E-state index contributed by atoms with van der Waals surface area (Å²) < 4.78 is 1.72. The largest absolute Gasteiger partial charge is 0.383 e. The molecule has 102 valence electrons. The van der Waals surface area contributed by atoms with Crippen molar-refractivity contribution in [3.63, 3.8) is 0 Å². The third-order valence-electron chi connectivity index (χ3n) is 3.97. The maximum Gasteiger partial charge on any atom is 0.226 e. The highest BCUT2D eigenvalue weighted by Crippen LogP contribution is 2.26. The van der Waals surface area contributed by atoms with Crippen LogP contribution in [0.2, 0.25) is 0 Å². The minimum absolute atomic E-state index is 0.460. The van der Waals surface area contributed by atoms with Crippen LogP contribution in [0.4, 0.5) is 11.8 Å². The smallest absolute Gasteiger partial charge is 0.226 e. The zero-order chi connectivity index (χ0) is 13.4. The maximum atomic E-state index is 5.95. The average Bonchev–Trinajstić information content (AvgIpc) is 2.75. The summed E-state index contributed by atoms with van der Waals surface area (Å²) >= 11 is 0. The molecule has 3 rings (SSSR count). The monoisotopic (exact) mass is 260 g/mol. The number of aromatic nitrogens is 4. The summed E-state index contributed by atoms with van der Waals surface area (Å²) in [6.45, 7) is 2.31. The van der Waals surface area contributed by atoms with Crippen LogP contribution in [0, 0.1) is 5.92 Å². The first-order valence-electron chi connectivity index (χ1n) is 6.85. The van der Waals surface area contributed by atoms with E-state index in [1.54, 1.807) is 10.9 Å². The van der Waals surface area contributed by atoms with Crippen LogP contribution in [0.5, 0.6) is 0 Å². The summed E-state index contributed by atoms with van der Waals surface area (Å²) in [5, 5.41) is 8.38. The lowest BCUT2D eigenvalue weighted by molar-refractivity contribution is 0.360. The van der Waals surface area contributed by atoms with Crippen molar-refractivity contribution in [2.24, 2.45) is 13.0 Å². The van der Waals surface area contributed by atoms with Crippen molar-refractivity contribution >= 4 is 22.8 Å². The molecule has 6 heteroatoms. The van der Waals surface area contributed by atoms with Crippen LogP contribution in [0.25, 0.3) is 11.0 Å². The van der Waals surface area contributed by atoms with Gasteiger partial charge in [0.1, 0.15) is 5.82 Å². The molecule has 2 heterocycles. The second-order valence-electron chi connectivity index (χ2n) is 5.54. The predicted octanol–water partition coefficient (Wildman–Crippen LogP) is 1.94. The normalized spacial score (nSPS) is 23.7. The van der Waals surface area contributed by atoms with Gasteiger partial charge >= 0.3 is 0 Å². The van der Waals surface area contributed by atoms with Crippen molar-refractivity contribution < 1.29 is 0 Å². The third-order valence-corrected chi connectivity index (χ3v) is 3.97. The Balaban J connectivity index is 1.83. The average molecular weight is 260 g/mol. The molecule has 1 fully saturated rings. The fraction of sp³-hybridized carbons (Fsp3) is 0.615. The molecule has 1 aliphatic carbocycles. The van der Waals surface area contributed by atoms with E-state index in [9.17, 15) is 0 Å². The molecule has 19 heavy (non-hydrogen) atoms. The van der Waals surface area contributed by atoms with Gasteiger partial charge in [-0.2, -0.15) is 15.1 Å². The van der Waals surface area contributed by atoms with Gasteiger partial charge < -0.3 is 11.1 Å². The molecule has 0 amide bonds. The van der Waals surface area contributed by atoms with Crippen molar-refractivity contribution in [3.8, 4) is 0 Å². The Morgan fingerprint density at radius 2 is 2.00 bits per heavy atom. The van der Waals surface area contributed by atoms with Crippen molar-refractivity contribution in [3.05, 3.63) is 6.20 Å². The molecule has 1 saturated carbocycles. The zero-order valence-electron chi connectivity index (χ0n) is 11.4. The summed E-state index contributed by atoms with van der Waals surface area (Å²) in [6, 6.07) is 0.460. The quantitative estimate of drug-likeness (QED) is 0.862. The van der Waals surface area contributed by atoms with Gasteiger partial charge in [-0.25, -0.2) is 0 Å². The number of nitrogen functional groups attached to an aromatic ring is 1. The summed E-state index contributed by atoms with van der Waals surface area (Å²) in [4.78, 5) is 8.84. The van der Waals surface area contributed by atoms with Crippen LogP contribution in [0.3, 0.4) is 0 Å². The first-order valence-corrected chi connectivity index (χ1v) is 6.85. The van der Waals surface area contributed by atoms with Gasteiger partial charge in [-0.3, -0.25) is 4.68 Å². The van der Waals surface area contributed by atoms with Crippen LogP contribution < -0.4 is 11.1 Å². The highest BCUT2D eigenvalue weighted by molar-refractivity contribution is 5.86. The molecular formula is C13H20N6. The third kappa shape index (κ3) is 2.34. The first kappa shape index (κ1) is 12.2. The summed E-state index contributed by atoms with van der Waals surface area (Å²) in [5.41, 5.74) is 6.73. The molecule has 0 aliphatic heterocycles. The van der Waals surface area contributed by atoms with Gasteiger partial charge in [-0.15, -0.1) is 0 Å². The van der Waals surface area contributed by atoms with Crippen LogP contribution in [0.15, 0.2) is 6.20 Å². The zero-order valence-corrected chi connectivity index (χ0v) is 11.4. The first-order chi connectivity index (χ1) is 9.13. The lowest BCUT2D eigenvalue weighted by Crippen LogP contribution is -2.26. The van der Waals surface area contributed by atoms with Crippen molar-refractivity contribution in [2.75, 3.05) is 11.1 Å². The van der Waals surface area contributed by atoms with E-state index in [1.165, 1.54) is 25.7 Å². The van der Waals surface area contributed by atoms with E-state index in [2.05, 4.69) is 27.3 Å². The second-order valence-corrected chi connectivity index (χ2v) is 5.54. The number of rotatable bonds is 2. The Labute approximate surface area is 112 Å². The molecule has 0 radical (unpaired) electrons. The van der Waals surface area contributed by atoms with Crippen LogP contribution in [-0.2, 0) is 7.05 Å². The van der Waals surface area contributed by atoms with Gasteiger partial charge in [0.25, 0.3) is 0 Å². The van der Waals surface area contributed by atoms with Crippen molar-refractivity contribution in [2.45, 2.75) is 38.6 Å². The van der Waals surface area contributed by atoms with E-state index >= 15 is 0 Å². The molecule has 0 spiro atoms. The summed E-state index contributed by atoms with van der Waals surface area (Å²) in [6.07, 6.45) is 6.58.